The molecule has 3 aromatic carbocycles. The Morgan fingerprint density at radius 3 is 2.55 bits per heavy atom. The standard InChI is InChI=1S/C27H25FN4O4S2/c1-4-35-24-15-29-26-21(11-16(2)12-22(26)31-24)27-32-25-17(3)13-19(14-23(25)37-27)36-10-9-30-38(33,34)20-7-5-18(28)6-8-20/h5-8,11-15,30H,4,9-10H2,1-3H3. The first kappa shape index (κ1) is 26.0. The van der Waals surface area contributed by atoms with Gasteiger partial charge < -0.3 is 9.47 Å². The molecule has 0 saturated carbocycles. The van der Waals surface area contributed by atoms with E-state index < -0.39 is 15.8 Å². The molecular formula is C27H25FN4O4S2. The first-order chi connectivity index (χ1) is 18.2. The van der Waals surface area contributed by atoms with Crippen molar-refractivity contribution in [3.63, 3.8) is 0 Å². The highest BCUT2D eigenvalue weighted by molar-refractivity contribution is 7.89. The molecule has 2 heterocycles. The highest BCUT2D eigenvalue weighted by Gasteiger charge is 2.16. The number of sulfonamides is 1. The number of rotatable bonds is 9. The lowest BCUT2D eigenvalue weighted by Gasteiger charge is -2.09. The van der Waals surface area contributed by atoms with Gasteiger partial charge in [0, 0.05) is 12.1 Å². The number of nitrogens with one attached hydrogen (secondary N) is 1. The number of halogens is 1. The Bertz CT molecular complexity index is 1740. The Morgan fingerprint density at radius 1 is 1.00 bits per heavy atom. The minimum absolute atomic E-state index is 0.00386. The van der Waals surface area contributed by atoms with Crippen molar-refractivity contribution < 1.29 is 22.3 Å². The van der Waals surface area contributed by atoms with E-state index in [1.807, 2.05) is 39.0 Å². The van der Waals surface area contributed by atoms with E-state index in [1.54, 1.807) is 6.20 Å². The molecule has 0 aliphatic carbocycles. The van der Waals surface area contributed by atoms with Crippen LogP contribution in [0.1, 0.15) is 18.1 Å². The summed E-state index contributed by atoms with van der Waals surface area (Å²) in [5, 5.41) is 0.819. The number of aryl methyl sites for hydroxylation is 2. The van der Waals surface area contributed by atoms with Gasteiger partial charge in [-0.2, -0.15) is 0 Å². The van der Waals surface area contributed by atoms with Gasteiger partial charge in [-0.15, -0.1) is 11.3 Å². The van der Waals surface area contributed by atoms with Gasteiger partial charge in [0.05, 0.1) is 38.9 Å². The molecule has 0 atom stereocenters. The van der Waals surface area contributed by atoms with Gasteiger partial charge >= 0.3 is 0 Å². The van der Waals surface area contributed by atoms with Crippen molar-refractivity contribution in [2.75, 3.05) is 19.8 Å². The van der Waals surface area contributed by atoms with Gasteiger partial charge in [-0.3, -0.25) is 0 Å². The predicted octanol–water partition coefficient (Wildman–Crippen LogP) is 5.42. The van der Waals surface area contributed by atoms with Gasteiger partial charge in [-0.05, 0) is 80.4 Å². The summed E-state index contributed by atoms with van der Waals surface area (Å²) in [6, 6.07) is 12.5. The van der Waals surface area contributed by atoms with Gasteiger partial charge in [0.2, 0.25) is 15.9 Å². The van der Waals surface area contributed by atoms with E-state index in [4.69, 9.17) is 14.5 Å². The number of hydrogen-bond donors (Lipinski definition) is 1. The van der Waals surface area contributed by atoms with Crippen LogP contribution in [0.4, 0.5) is 4.39 Å². The lowest BCUT2D eigenvalue weighted by molar-refractivity contribution is 0.323. The fourth-order valence-corrected chi connectivity index (χ4v) is 6.14. The molecule has 0 radical (unpaired) electrons. The maximum atomic E-state index is 13.1. The second-order valence-corrected chi connectivity index (χ2v) is 11.4. The molecule has 2 aromatic heterocycles. The summed E-state index contributed by atoms with van der Waals surface area (Å²) >= 11 is 1.53. The molecule has 11 heteroatoms. The largest absolute Gasteiger partial charge is 0.492 e. The molecule has 0 bridgehead atoms. The molecule has 38 heavy (non-hydrogen) atoms. The van der Waals surface area contributed by atoms with Crippen molar-refractivity contribution in [1.82, 2.24) is 19.7 Å². The molecule has 0 aliphatic heterocycles. The number of nitrogens with zero attached hydrogens (tertiary/aromatic N) is 3. The lowest BCUT2D eigenvalue weighted by atomic mass is 10.1. The Morgan fingerprint density at radius 2 is 1.79 bits per heavy atom. The molecule has 5 rings (SSSR count). The molecule has 8 nitrogen and oxygen atoms in total. The third kappa shape index (κ3) is 5.45. The molecular weight excluding hydrogens is 527 g/mol. The van der Waals surface area contributed by atoms with E-state index in [0.29, 0.717) is 18.2 Å². The molecule has 0 spiro atoms. The van der Waals surface area contributed by atoms with Crippen molar-refractivity contribution in [2.24, 2.45) is 0 Å². The summed E-state index contributed by atoms with van der Waals surface area (Å²) in [7, 11) is -3.75. The van der Waals surface area contributed by atoms with Crippen LogP contribution in [-0.2, 0) is 10.0 Å². The van der Waals surface area contributed by atoms with E-state index in [9.17, 15) is 12.8 Å². The molecule has 1 N–H and O–H groups in total. The Hall–Kier alpha value is -3.67. The number of hydrogen-bond acceptors (Lipinski definition) is 8. The van der Waals surface area contributed by atoms with Gasteiger partial charge in [0.25, 0.3) is 0 Å². The zero-order chi connectivity index (χ0) is 26.9. The van der Waals surface area contributed by atoms with Crippen molar-refractivity contribution in [1.29, 1.82) is 0 Å². The van der Waals surface area contributed by atoms with E-state index in [-0.39, 0.29) is 18.0 Å². The molecule has 5 aromatic rings. The zero-order valence-electron chi connectivity index (χ0n) is 21.0. The molecule has 196 valence electrons. The van der Waals surface area contributed by atoms with Crippen molar-refractivity contribution in [2.45, 2.75) is 25.7 Å². The minimum Gasteiger partial charge on any atom is -0.492 e. The predicted molar refractivity (Wildman–Crippen MR) is 146 cm³/mol. The minimum atomic E-state index is -3.75. The smallest absolute Gasteiger partial charge is 0.240 e. The fraction of sp³-hybridized carbons (Fsp3) is 0.222. The average molecular weight is 553 g/mol. The normalized spacial score (nSPS) is 11.8. The van der Waals surface area contributed by atoms with E-state index in [2.05, 4.69) is 20.8 Å². The van der Waals surface area contributed by atoms with Crippen molar-refractivity contribution in [3.8, 4) is 22.2 Å². The van der Waals surface area contributed by atoms with Crippen LogP contribution in [-0.4, -0.2) is 43.1 Å². The average Bonchev–Trinajstić information content (AvgIpc) is 3.31. The SMILES string of the molecule is CCOc1cnc2c(-c3nc4c(C)cc(OCCNS(=O)(=O)c5ccc(F)cc5)cc4s3)cc(C)cc2n1. The monoisotopic (exact) mass is 552 g/mol. The first-order valence-corrected chi connectivity index (χ1v) is 14.2. The lowest BCUT2D eigenvalue weighted by Crippen LogP contribution is -2.28. The van der Waals surface area contributed by atoms with Gasteiger partial charge in [-0.25, -0.2) is 32.5 Å². The number of ether oxygens (including phenoxy) is 2. The second-order valence-electron chi connectivity index (χ2n) is 8.63. The molecule has 0 amide bonds. The van der Waals surface area contributed by atoms with E-state index >= 15 is 0 Å². The van der Waals surface area contributed by atoms with Crippen LogP contribution in [0, 0.1) is 19.7 Å². The third-order valence-electron chi connectivity index (χ3n) is 5.74. The molecule has 0 unspecified atom stereocenters. The highest BCUT2D eigenvalue weighted by Crippen LogP contribution is 2.37. The Balaban J connectivity index is 1.35. The van der Waals surface area contributed by atoms with Gasteiger partial charge in [0.1, 0.15) is 23.2 Å². The van der Waals surface area contributed by atoms with Crippen LogP contribution in [0.25, 0.3) is 31.8 Å². The summed E-state index contributed by atoms with van der Waals surface area (Å²) < 4.78 is 52.6. The number of aromatic nitrogens is 3. The second kappa shape index (κ2) is 10.6. The Labute approximate surface area is 223 Å². The summed E-state index contributed by atoms with van der Waals surface area (Å²) in [4.78, 5) is 14.1. The van der Waals surface area contributed by atoms with E-state index in [0.717, 1.165) is 55.1 Å². The van der Waals surface area contributed by atoms with Crippen LogP contribution in [0.5, 0.6) is 11.6 Å². The van der Waals surface area contributed by atoms with Crippen LogP contribution in [0.3, 0.4) is 0 Å². The third-order valence-corrected chi connectivity index (χ3v) is 8.25. The molecule has 0 aliphatic rings. The Kier molecular flexibility index (Phi) is 7.24. The van der Waals surface area contributed by atoms with Gasteiger partial charge in [-0.1, -0.05) is 0 Å². The fourth-order valence-electron chi connectivity index (χ4n) is 4.03. The highest BCUT2D eigenvalue weighted by atomic mass is 32.2. The summed E-state index contributed by atoms with van der Waals surface area (Å²) in [6.07, 6.45) is 1.62. The van der Waals surface area contributed by atoms with Crippen LogP contribution >= 0.6 is 11.3 Å². The summed E-state index contributed by atoms with van der Waals surface area (Å²) in [5.41, 5.74) is 5.23. The topological polar surface area (TPSA) is 103 Å². The van der Waals surface area contributed by atoms with Crippen LogP contribution in [0.15, 0.2) is 59.6 Å². The van der Waals surface area contributed by atoms with Crippen molar-refractivity contribution >= 4 is 42.6 Å². The summed E-state index contributed by atoms with van der Waals surface area (Å²) in [5.74, 6) is 0.600. The maximum absolute atomic E-state index is 13.1. The number of thiazole rings is 1. The van der Waals surface area contributed by atoms with Gasteiger partial charge in [0.15, 0.2) is 0 Å². The number of benzene rings is 3. The van der Waals surface area contributed by atoms with E-state index in [1.165, 1.54) is 23.5 Å². The van der Waals surface area contributed by atoms with Crippen LogP contribution < -0.4 is 14.2 Å². The summed E-state index contributed by atoms with van der Waals surface area (Å²) in [6.45, 7) is 6.56. The quantitative estimate of drug-likeness (QED) is 0.244. The molecule has 0 fully saturated rings. The molecule has 0 saturated heterocycles. The zero-order valence-corrected chi connectivity index (χ0v) is 22.6. The maximum Gasteiger partial charge on any atom is 0.240 e. The van der Waals surface area contributed by atoms with Crippen molar-refractivity contribution in [3.05, 3.63) is 71.7 Å². The van der Waals surface area contributed by atoms with Crippen LogP contribution in [0.2, 0.25) is 0 Å². The first-order valence-electron chi connectivity index (χ1n) is 11.9. The number of fused-ring (bicyclic) bond motifs is 2.